The van der Waals surface area contributed by atoms with Crippen LogP contribution in [0, 0.1) is 0 Å². The van der Waals surface area contributed by atoms with Crippen molar-refractivity contribution < 1.29 is 8.42 Å². The maximum atomic E-state index is 12.6. The average molecular weight is 272 g/mol. The van der Waals surface area contributed by atoms with Crippen LogP contribution in [0.5, 0.6) is 0 Å². The Morgan fingerprint density at radius 1 is 1.05 bits per heavy atom. The molecular formula is C12H8N4O2S. The van der Waals surface area contributed by atoms with Crippen LogP contribution in [0.1, 0.15) is 0 Å². The summed E-state index contributed by atoms with van der Waals surface area (Å²) in [6.07, 6.45) is 3.04. The van der Waals surface area contributed by atoms with Crippen molar-refractivity contribution in [2.45, 2.75) is 4.90 Å². The summed E-state index contributed by atoms with van der Waals surface area (Å²) >= 11 is 0. The van der Waals surface area contributed by atoms with Gasteiger partial charge in [-0.05, 0) is 24.3 Å². The summed E-state index contributed by atoms with van der Waals surface area (Å²) in [7, 11) is -3.60. The predicted molar refractivity (Wildman–Crippen MR) is 67.4 cm³/mol. The van der Waals surface area contributed by atoms with Gasteiger partial charge in [0.15, 0.2) is 5.82 Å². The molecule has 0 N–H and O–H groups in total. The first-order valence-corrected chi connectivity index (χ1v) is 7.06. The van der Waals surface area contributed by atoms with Gasteiger partial charge in [0.05, 0.1) is 5.69 Å². The second-order valence-electron chi connectivity index (χ2n) is 4.19. The zero-order valence-corrected chi connectivity index (χ0v) is 10.4. The van der Waals surface area contributed by atoms with E-state index in [9.17, 15) is 8.42 Å². The molecule has 6 nitrogen and oxygen atoms in total. The molecule has 2 aromatic heterocycles. The molecule has 0 spiro atoms. The van der Waals surface area contributed by atoms with Gasteiger partial charge in [-0.3, -0.25) is 4.57 Å². The van der Waals surface area contributed by atoms with Crippen molar-refractivity contribution in [1.29, 1.82) is 0 Å². The summed E-state index contributed by atoms with van der Waals surface area (Å²) in [5.41, 5.74) is 1.07. The normalized spacial score (nSPS) is 15.2. The standard InChI is InChI=1S/C12H8N4O2S/c17-19(18)11-6-2-1-4-9(11)15-8-13-14-12(15)10-5-3-7-16(10)19/h1-8H. The second kappa shape index (κ2) is 3.33. The Hall–Kier alpha value is -2.41. The van der Waals surface area contributed by atoms with Crippen molar-refractivity contribution in [3.05, 3.63) is 48.9 Å². The van der Waals surface area contributed by atoms with E-state index in [1.807, 2.05) is 0 Å². The largest absolute Gasteiger partial charge is 0.279 e. The minimum absolute atomic E-state index is 0.242. The van der Waals surface area contributed by atoms with Gasteiger partial charge < -0.3 is 0 Å². The molecule has 0 unspecified atom stereocenters. The first-order chi connectivity index (χ1) is 9.19. The van der Waals surface area contributed by atoms with E-state index < -0.39 is 10.0 Å². The van der Waals surface area contributed by atoms with Crippen molar-refractivity contribution in [3.8, 4) is 17.2 Å². The van der Waals surface area contributed by atoms with E-state index in [2.05, 4.69) is 10.2 Å². The third-order valence-corrected chi connectivity index (χ3v) is 4.89. The van der Waals surface area contributed by atoms with Crippen LogP contribution in [0.3, 0.4) is 0 Å². The summed E-state index contributed by atoms with van der Waals surface area (Å²) in [6, 6.07) is 10.2. The number of hydrogen-bond donors (Lipinski definition) is 0. The molecule has 0 bridgehead atoms. The molecule has 0 fully saturated rings. The maximum Gasteiger partial charge on any atom is 0.270 e. The van der Waals surface area contributed by atoms with Gasteiger partial charge in [-0.15, -0.1) is 10.2 Å². The summed E-state index contributed by atoms with van der Waals surface area (Å²) in [5.74, 6) is 0.513. The molecule has 0 amide bonds. The molecule has 0 radical (unpaired) electrons. The van der Waals surface area contributed by atoms with Crippen LogP contribution in [0.15, 0.2) is 53.8 Å². The molecule has 0 atom stereocenters. The Bertz CT molecular complexity index is 892. The Labute approximate surface area is 109 Å². The van der Waals surface area contributed by atoms with Crippen molar-refractivity contribution >= 4 is 10.0 Å². The van der Waals surface area contributed by atoms with Crippen LogP contribution in [0.2, 0.25) is 0 Å². The maximum absolute atomic E-state index is 12.6. The lowest BCUT2D eigenvalue weighted by Gasteiger charge is -2.08. The fourth-order valence-corrected chi connectivity index (χ4v) is 3.84. The topological polar surface area (TPSA) is 69.8 Å². The highest BCUT2D eigenvalue weighted by Crippen LogP contribution is 2.32. The Balaban J connectivity index is 2.27. The van der Waals surface area contributed by atoms with E-state index in [4.69, 9.17) is 0 Å². The Morgan fingerprint density at radius 3 is 2.79 bits per heavy atom. The second-order valence-corrected chi connectivity index (χ2v) is 5.97. The van der Waals surface area contributed by atoms with Gasteiger partial charge in [-0.25, -0.2) is 12.4 Å². The molecule has 19 heavy (non-hydrogen) atoms. The van der Waals surface area contributed by atoms with Crippen LogP contribution in [0.4, 0.5) is 0 Å². The van der Waals surface area contributed by atoms with Crippen LogP contribution in [-0.4, -0.2) is 27.2 Å². The van der Waals surface area contributed by atoms with Crippen molar-refractivity contribution in [2.24, 2.45) is 0 Å². The first kappa shape index (κ1) is 10.5. The molecule has 0 saturated heterocycles. The van der Waals surface area contributed by atoms with Crippen molar-refractivity contribution in [3.63, 3.8) is 0 Å². The van der Waals surface area contributed by atoms with Gasteiger partial charge in [-0.1, -0.05) is 12.1 Å². The smallest absolute Gasteiger partial charge is 0.270 e. The molecule has 0 saturated carbocycles. The van der Waals surface area contributed by atoms with Gasteiger partial charge in [0.25, 0.3) is 10.0 Å². The Kier molecular flexibility index (Phi) is 1.84. The lowest BCUT2D eigenvalue weighted by Crippen LogP contribution is -2.12. The molecule has 1 aromatic carbocycles. The van der Waals surface area contributed by atoms with Gasteiger partial charge >= 0.3 is 0 Å². The van der Waals surface area contributed by atoms with E-state index in [0.717, 1.165) is 0 Å². The number of hydrogen-bond acceptors (Lipinski definition) is 4. The number of nitrogens with zero attached hydrogens (tertiary/aromatic N) is 4. The number of para-hydroxylation sites is 1. The predicted octanol–water partition coefficient (Wildman–Crippen LogP) is 1.29. The van der Waals surface area contributed by atoms with E-state index in [1.165, 1.54) is 16.5 Å². The third-order valence-electron chi connectivity index (χ3n) is 3.15. The Morgan fingerprint density at radius 2 is 1.89 bits per heavy atom. The number of fused-ring (bicyclic) bond motifs is 5. The molecule has 1 aliphatic rings. The molecule has 1 aliphatic heterocycles. The van der Waals surface area contributed by atoms with Crippen molar-refractivity contribution in [2.75, 3.05) is 0 Å². The average Bonchev–Trinajstić information content (AvgIpc) is 3.05. The van der Waals surface area contributed by atoms with E-state index in [1.54, 1.807) is 41.0 Å². The monoisotopic (exact) mass is 272 g/mol. The minimum atomic E-state index is -3.60. The van der Waals surface area contributed by atoms with Crippen LogP contribution < -0.4 is 0 Å². The SMILES string of the molecule is O=S1(=O)c2ccccc2-n2cnnc2-c2cccn21. The molecule has 4 rings (SSSR count). The van der Waals surface area contributed by atoms with E-state index >= 15 is 0 Å². The summed E-state index contributed by atoms with van der Waals surface area (Å²) < 4.78 is 28.2. The third kappa shape index (κ3) is 1.22. The lowest BCUT2D eigenvalue weighted by molar-refractivity contribution is 0.588. The molecule has 7 heteroatoms. The molecule has 3 heterocycles. The summed E-state index contributed by atoms with van der Waals surface area (Å²) in [6.45, 7) is 0. The van der Waals surface area contributed by atoms with Gasteiger partial charge in [0, 0.05) is 6.20 Å². The fraction of sp³-hybridized carbons (Fsp3) is 0. The first-order valence-electron chi connectivity index (χ1n) is 5.62. The fourth-order valence-electron chi connectivity index (χ4n) is 2.32. The quantitative estimate of drug-likeness (QED) is 0.483. The number of aromatic nitrogens is 4. The van der Waals surface area contributed by atoms with E-state index in [0.29, 0.717) is 17.2 Å². The van der Waals surface area contributed by atoms with Crippen molar-refractivity contribution in [1.82, 2.24) is 18.7 Å². The van der Waals surface area contributed by atoms with Gasteiger partial charge in [0.2, 0.25) is 0 Å². The minimum Gasteiger partial charge on any atom is -0.279 e. The highest BCUT2D eigenvalue weighted by Gasteiger charge is 2.29. The van der Waals surface area contributed by atoms with Crippen LogP contribution >= 0.6 is 0 Å². The highest BCUT2D eigenvalue weighted by atomic mass is 32.2. The highest BCUT2D eigenvalue weighted by molar-refractivity contribution is 7.90. The molecule has 0 aliphatic carbocycles. The van der Waals surface area contributed by atoms with Gasteiger partial charge in [-0.2, -0.15) is 0 Å². The van der Waals surface area contributed by atoms with Crippen LogP contribution in [-0.2, 0) is 10.0 Å². The zero-order valence-electron chi connectivity index (χ0n) is 9.63. The van der Waals surface area contributed by atoms with E-state index in [-0.39, 0.29) is 4.90 Å². The number of benzene rings is 1. The molecular weight excluding hydrogens is 264 g/mol. The van der Waals surface area contributed by atoms with Crippen LogP contribution in [0.25, 0.3) is 17.2 Å². The number of rotatable bonds is 0. The zero-order chi connectivity index (χ0) is 13.0. The summed E-state index contributed by atoms with van der Waals surface area (Å²) in [5, 5.41) is 7.90. The van der Waals surface area contributed by atoms with Gasteiger partial charge in [0.1, 0.15) is 16.9 Å². The lowest BCUT2D eigenvalue weighted by atomic mass is 10.3. The molecule has 3 aromatic rings. The summed E-state index contributed by atoms with van der Waals surface area (Å²) in [4.78, 5) is 0.242. The molecule has 94 valence electrons.